The first-order valence-corrected chi connectivity index (χ1v) is 7.60. The standard InChI is InChI=1S/C16H24N2O/c1-2-8-18-15(5-1)12-17-11-13-6-7-16-14(10-13)4-3-9-19-16/h6-7,10,15,17-18H,1-5,8-9,11-12H2. The minimum atomic E-state index is 0.662. The largest absolute Gasteiger partial charge is 0.493 e. The van der Waals surface area contributed by atoms with Gasteiger partial charge in [-0.05, 0) is 49.4 Å². The highest BCUT2D eigenvalue weighted by atomic mass is 16.5. The van der Waals surface area contributed by atoms with Gasteiger partial charge in [0.2, 0.25) is 0 Å². The molecule has 2 heterocycles. The Labute approximate surface area is 115 Å². The van der Waals surface area contributed by atoms with Crippen molar-refractivity contribution in [2.45, 2.75) is 44.7 Å². The Morgan fingerprint density at radius 3 is 3.16 bits per heavy atom. The number of aryl methyl sites for hydroxylation is 1. The molecule has 3 heteroatoms. The Hall–Kier alpha value is -1.06. The monoisotopic (exact) mass is 260 g/mol. The minimum Gasteiger partial charge on any atom is -0.493 e. The van der Waals surface area contributed by atoms with Gasteiger partial charge in [0.1, 0.15) is 5.75 Å². The van der Waals surface area contributed by atoms with Crippen LogP contribution >= 0.6 is 0 Å². The fourth-order valence-electron chi connectivity index (χ4n) is 3.01. The molecule has 104 valence electrons. The summed E-state index contributed by atoms with van der Waals surface area (Å²) in [5, 5.41) is 7.15. The van der Waals surface area contributed by atoms with E-state index < -0.39 is 0 Å². The second-order valence-corrected chi connectivity index (χ2v) is 5.67. The second kappa shape index (κ2) is 6.40. The molecule has 0 saturated carbocycles. The lowest BCUT2D eigenvalue weighted by Crippen LogP contribution is -2.41. The zero-order valence-electron chi connectivity index (χ0n) is 11.6. The molecule has 1 aromatic rings. The van der Waals surface area contributed by atoms with Gasteiger partial charge in [-0.2, -0.15) is 0 Å². The first-order valence-electron chi connectivity index (χ1n) is 7.60. The van der Waals surface area contributed by atoms with E-state index in [1.165, 1.54) is 36.9 Å². The SMILES string of the molecule is c1cc2c(cc1CNCC1CCCCN1)CCCO2. The predicted molar refractivity (Wildman–Crippen MR) is 77.6 cm³/mol. The van der Waals surface area contributed by atoms with E-state index in [0.29, 0.717) is 6.04 Å². The van der Waals surface area contributed by atoms with Crippen molar-refractivity contribution in [3.8, 4) is 5.75 Å². The molecule has 19 heavy (non-hydrogen) atoms. The van der Waals surface area contributed by atoms with Crippen LogP contribution in [0.5, 0.6) is 5.75 Å². The summed E-state index contributed by atoms with van der Waals surface area (Å²) >= 11 is 0. The van der Waals surface area contributed by atoms with E-state index in [1.54, 1.807) is 0 Å². The summed E-state index contributed by atoms with van der Waals surface area (Å²) in [5.41, 5.74) is 2.75. The maximum atomic E-state index is 5.65. The molecule has 0 amide bonds. The topological polar surface area (TPSA) is 33.3 Å². The van der Waals surface area contributed by atoms with Crippen molar-refractivity contribution in [1.82, 2.24) is 10.6 Å². The molecule has 1 aromatic carbocycles. The van der Waals surface area contributed by atoms with E-state index in [0.717, 1.165) is 38.3 Å². The molecule has 2 aliphatic heterocycles. The van der Waals surface area contributed by atoms with Crippen molar-refractivity contribution >= 4 is 0 Å². The van der Waals surface area contributed by atoms with Gasteiger partial charge >= 0.3 is 0 Å². The Morgan fingerprint density at radius 1 is 1.26 bits per heavy atom. The Morgan fingerprint density at radius 2 is 2.26 bits per heavy atom. The van der Waals surface area contributed by atoms with Crippen LogP contribution in [-0.4, -0.2) is 25.7 Å². The number of hydrogen-bond acceptors (Lipinski definition) is 3. The third-order valence-electron chi connectivity index (χ3n) is 4.11. The van der Waals surface area contributed by atoms with Gasteiger partial charge < -0.3 is 15.4 Å². The van der Waals surface area contributed by atoms with Crippen LogP contribution in [0.4, 0.5) is 0 Å². The third-order valence-corrected chi connectivity index (χ3v) is 4.11. The van der Waals surface area contributed by atoms with Gasteiger partial charge in [-0.3, -0.25) is 0 Å². The van der Waals surface area contributed by atoms with Crippen molar-refractivity contribution in [3.63, 3.8) is 0 Å². The van der Waals surface area contributed by atoms with Crippen LogP contribution in [-0.2, 0) is 13.0 Å². The number of hydrogen-bond donors (Lipinski definition) is 2. The highest BCUT2D eigenvalue weighted by Gasteiger charge is 2.12. The van der Waals surface area contributed by atoms with E-state index in [-0.39, 0.29) is 0 Å². The first-order chi connectivity index (χ1) is 9.42. The number of nitrogens with one attached hydrogen (secondary N) is 2. The molecule has 1 fully saturated rings. The van der Waals surface area contributed by atoms with Crippen molar-refractivity contribution in [1.29, 1.82) is 0 Å². The van der Waals surface area contributed by atoms with Crippen LogP contribution < -0.4 is 15.4 Å². The van der Waals surface area contributed by atoms with Crippen molar-refractivity contribution in [2.24, 2.45) is 0 Å². The molecule has 0 radical (unpaired) electrons. The van der Waals surface area contributed by atoms with Crippen LogP contribution in [0.1, 0.15) is 36.8 Å². The third kappa shape index (κ3) is 3.48. The van der Waals surface area contributed by atoms with Gasteiger partial charge in [0.15, 0.2) is 0 Å². The molecule has 3 nitrogen and oxygen atoms in total. The van der Waals surface area contributed by atoms with Gasteiger partial charge in [0, 0.05) is 19.1 Å². The maximum Gasteiger partial charge on any atom is 0.122 e. The molecule has 2 aliphatic rings. The molecule has 2 N–H and O–H groups in total. The van der Waals surface area contributed by atoms with Crippen LogP contribution in [0.3, 0.4) is 0 Å². The number of fused-ring (bicyclic) bond motifs is 1. The molecule has 1 atom stereocenters. The Balaban J connectivity index is 1.49. The summed E-state index contributed by atoms with van der Waals surface area (Å²) in [6.07, 6.45) is 6.32. The van der Waals surface area contributed by atoms with Crippen LogP contribution in [0.15, 0.2) is 18.2 Å². The van der Waals surface area contributed by atoms with Crippen LogP contribution in [0, 0.1) is 0 Å². The number of ether oxygens (including phenoxy) is 1. The van der Waals surface area contributed by atoms with E-state index >= 15 is 0 Å². The first kappa shape index (κ1) is 12.9. The average molecular weight is 260 g/mol. The highest BCUT2D eigenvalue weighted by molar-refractivity contribution is 5.38. The maximum absolute atomic E-state index is 5.65. The van der Waals surface area contributed by atoms with E-state index in [4.69, 9.17) is 4.74 Å². The van der Waals surface area contributed by atoms with Gasteiger partial charge in [0.25, 0.3) is 0 Å². The Kier molecular flexibility index (Phi) is 4.36. The molecule has 1 unspecified atom stereocenters. The lowest BCUT2D eigenvalue weighted by molar-refractivity contribution is 0.288. The lowest BCUT2D eigenvalue weighted by atomic mass is 10.0. The molecular formula is C16H24N2O. The summed E-state index contributed by atoms with van der Waals surface area (Å²) in [7, 11) is 0. The molecule has 3 rings (SSSR count). The van der Waals surface area contributed by atoms with Crippen molar-refractivity contribution in [2.75, 3.05) is 19.7 Å². The average Bonchev–Trinajstić information content (AvgIpc) is 2.48. The van der Waals surface area contributed by atoms with E-state index in [9.17, 15) is 0 Å². The fraction of sp³-hybridized carbons (Fsp3) is 0.625. The van der Waals surface area contributed by atoms with E-state index in [1.807, 2.05) is 0 Å². The quantitative estimate of drug-likeness (QED) is 0.871. The summed E-state index contributed by atoms with van der Waals surface area (Å²) in [6, 6.07) is 7.28. The molecule has 0 aromatic heterocycles. The van der Waals surface area contributed by atoms with E-state index in [2.05, 4.69) is 28.8 Å². The molecule has 0 bridgehead atoms. The smallest absolute Gasteiger partial charge is 0.122 e. The lowest BCUT2D eigenvalue weighted by Gasteiger charge is -2.24. The van der Waals surface area contributed by atoms with Gasteiger partial charge in [-0.15, -0.1) is 0 Å². The summed E-state index contributed by atoms with van der Waals surface area (Å²) in [6.45, 7) is 4.10. The summed E-state index contributed by atoms with van der Waals surface area (Å²) in [4.78, 5) is 0. The molecule has 0 aliphatic carbocycles. The second-order valence-electron chi connectivity index (χ2n) is 5.67. The molecule has 1 saturated heterocycles. The highest BCUT2D eigenvalue weighted by Crippen LogP contribution is 2.25. The van der Waals surface area contributed by atoms with Gasteiger partial charge in [0.05, 0.1) is 6.61 Å². The number of piperidine rings is 1. The molecular weight excluding hydrogens is 236 g/mol. The summed E-state index contributed by atoms with van der Waals surface area (Å²) < 4.78 is 5.65. The zero-order chi connectivity index (χ0) is 12.9. The van der Waals surface area contributed by atoms with Gasteiger partial charge in [-0.25, -0.2) is 0 Å². The van der Waals surface area contributed by atoms with Crippen molar-refractivity contribution in [3.05, 3.63) is 29.3 Å². The zero-order valence-corrected chi connectivity index (χ0v) is 11.6. The normalized spacial score (nSPS) is 22.6. The van der Waals surface area contributed by atoms with Crippen LogP contribution in [0.25, 0.3) is 0 Å². The predicted octanol–water partition coefficient (Wildman–Crippen LogP) is 2.24. The number of benzene rings is 1. The minimum absolute atomic E-state index is 0.662. The number of rotatable bonds is 4. The fourth-order valence-corrected chi connectivity index (χ4v) is 3.01. The van der Waals surface area contributed by atoms with Crippen LogP contribution in [0.2, 0.25) is 0 Å². The summed E-state index contributed by atoms with van der Waals surface area (Å²) in [5.74, 6) is 1.09. The van der Waals surface area contributed by atoms with Gasteiger partial charge in [-0.1, -0.05) is 18.6 Å². The Bertz CT molecular complexity index is 413. The molecule has 0 spiro atoms. The van der Waals surface area contributed by atoms with Crippen molar-refractivity contribution < 1.29 is 4.74 Å².